The van der Waals surface area contributed by atoms with Crippen LogP contribution in [0.5, 0.6) is 0 Å². The Kier molecular flexibility index (Phi) is 39.9. The minimum Gasteiger partial charge on any atom is -0.479 e. The molecule has 3 saturated heterocycles. The monoisotopic (exact) mass is 2010 g/mol. The number of allylic oxidation sites excluding steroid dienone is 10. The van der Waals surface area contributed by atoms with E-state index in [4.69, 9.17) is 23.7 Å². The highest BCUT2D eigenvalue weighted by molar-refractivity contribution is 5.98. The predicted octanol–water partition coefficient (Wildman–Crippen LogP) is 23.4. The fourth-order valence-corrected chi connectivity index (χ4v) is 20.7. The summed E-state index contributed by atoms with van der Waals surface area (Å²) in [5.74, 6) is 1.61. The molecule has 3 fully saturated rings. The number of carbonyl (C=O) groups is 6. The molecule has 8 heterocycles. The molecular formula is C121H156ClN11O13. The highest BCUT2D eigenvalue weighted by atomic mass is 35.5. The minimum atomic E-state index is -1.59. The highest BCUT2D eigenvalue weighted by Gasteiger charge is 2.35. The molecule has 10 aromatic rings. The second kappa shape index (κ2) is 52.0. The lowest BCUT2D eigenvalue weighted by molar-refractivity contribution is -0.147. The summed E-state index contributed by atoms with van der Waals surface area (Å²) in [6.07, 6.45) is 40.7. The number of imidazole rings is 4. The first-order valence-electron chi connectivity index (χ1n) is 52.8. The number of ketones is 5. The summed E-state index contributed by atoms with van der Waals surface area (Å²) in [7, 11) is 1.59. The molecule has 0 radical (unpaired) electrons. The van der Waals surface area contributed by atoms with E-state index in [1.807, 2.05) is 52.8 Å². The van der Waals surface area contributed by atoms with Gasteiger partial charge in [-0.1, -0.05) is 145 Å². The van der Waals surface area contributed by atoms with E-state index >= 15 is 0 Å². The number of aliphatic carboxylic acids is 1. The quantitative estimate of drug-likeness (QED) is 0.0188. The first-order valence-corrected chi connectivity index (χ1v) is 52.8. The molecular weight excluding hydrogens is 1850 g/mol. The van der Waals surface area contributed by atoms with Crippen molar-refractivity contribution in [1.29, 1.82) is 0 Å². The summed E-state index contributed by atoms with van der Waals surface area (Å²) in [6.45, 7) is 39.8. The van der Waals surface area contributed by atoms with E-state index in [9.17, 15) is 39.0 Å². The summed E-state index contributed by atoms with van der Waals surface area (Å²) >= 11 is 0. The Labute approximate surface area is 869 Å². The third-order valence-corrected chi connectivity index (χ3v) is 29.9. The van der Waals surface area contributed by atoms with Gasteiger partial charge < -0.3 is 53.9 Å². The average Bonchev–Trinajstić information content (AvgIpc) is 1.13. The Morgan fingerprint density at radius 3 is 1.21 bits per heavy atom. The minimum absolute atomic E-state index is 0. The normalized spacial score (nSPS) is 17.8. The van der Waals surface area contributed by atoms with Crippen LogP contribution in [0, 0.1) is 50.9 Å². The summed E-state index contributed by atoms with van der Waals surface area (Å²) in [5.41, 5.74) is 27.3. The molecule has 8 aliphatic rings. The molecule has 3 aliphatic heterocycles. The van der Waals surface area contributed by atoms with E-state index < -0.39 is 18.2 Å². The van der Waals surface area contributed by atoms with Crippen LogP contribution >= 0.6 is 12.4 Å². The van der Waals surface area contributed by atoms with Crippen molar-refractivity contribution in [3.05, 3.63) is 299 Å². The van der Waals surface area contributed by atoms with Gasteiger partial charge in [-0.15, -0.1) is 12.4 Å². The zero-order valence-electron chi connectivity index (χ0n) is 88.7. The number of hydrogen-bond acceptors (Lipinski definition) is 19. The Balaban J connectivity index is 0.000000152. The molecule has 0 amide bonds. The number of hydrogen-bond donors (Lipinski definition) is 7. The third-order valence-electron chi connectivity index (χ3n) is 29.9. The number of aliphatic hydroxyl groups excluding tert-OH is 2. The van der Waals surface area contributed by atoms with Gasteiger partial charge in [0.2, 0.25) is 28.9 Å². The van der Waals surface area contributed by atoms with Crippen molar-refractivity contribution in [2.24, 2.45) is 16.2 Å². The fraction of sp³-hybridized carbons (Fsp3) is 0.488. The fourth-order valence-electron chi connectivity index (χ4n) is 20.7. The van der Waals surface area contributed by atoms with Gasteiger partial charge >= 0.3 is 5.97 Å². The van der Waals surface area contributed by atoms with Crippen LogP contribution in [0.3, 0.4) is 0 Å². The number of ether oxygens (including phenoxy) is 3. The van der Waals surface area contributed by atoms with Crippen molar-refractivity contribution in [3.63, 3.8) is 0 Å². The number of H-pyrrole nitrogens is 4. The van der Waals surface area contributed by atoms with Gasteiger partial charge in [-0.3, -0.25) is 38.7 Å². The smallest absolute Gasteiger partial charge is 0.337 e. The zero-order chi connectivity index (χ0) is 103. The van der Waals surface area contributed by atoms with Crippen LogP contribution < -0.4 is 0 Å². The number of aromatic nitrogens is 8. The Bertz CT molecular complexity index is 6320. The van der Waals surface area contributed by atoms with Crippen LogP contribution in [0.4, 0.5) is 0 Å². The third kappa shape index (κ3) is 31.6. The van der Waals surface area contributed by atoms with Crippen LogP contribution in [0.25, 0.3) is 27.9 Å². The Morgan fingerprint density at radius 2 is 0.822 bits per heavy atom. The molecule has 5 aromatic heterocycles. The zero-order valence-corrected chi connectivity index (χ0v) is 89.5. The van der Waals surface area contributed by atoms with Gasteiger partial charge in [-0.25, -0.2) is 24.7 Å². The van der Waals surface area contributed by atoms with Gasteiger partial charge in [0.1, 0.15) is 5.76 Å². The lowest BCUT2D eigenvalue weighted by atomic mass is 9.75. The SMILES string of the molecule is COC[C@H](O)Cc1ccc(CC(=O)c2ncc(C)[nH]2)c(C2=CCC(C)(C)CC2)c1.Cc1ccc(C(=O)Cc2ccc(CCN3CCOCC3)cc2C2=CCCCC2)o1.Cc1cnc(C(=O)Cc2ccc(C(C)(C)N3CCCC3)cc2C2=CCC(C)(C)CC2)[nH]1.Cc1cnc(C(=O)Cc2ccc(C(O)C(=O)O)cc2C2=CCC(C)(C)CC2)[nH]1.Cc1cnc(C(=O)Cc2ccc(CN3CCOCC3)cc2C2=CCCCC2)[nH]1.Cl. The number of nitrogens with one attached hydrogen (secondary N) is 4. The van der Waals surface area contributed by atoms with E-state index in [0.717, 1.165) is 241 Å². The van der Waals surface area contributed by atoms with Crippen molar-refractivity contribution in [2.45, 2.75) is 281 Å². The molecule has 5 aliphatic carbocycles. The van der Waals surface area contributed by atoms with Crippen LogP contribution in [0.15, 0.2) is 163 Å². The standard InChI is InChI=1S/C27H37N3O.C25H31NO3.C24H32N2O3.C23H29N3O2.C22H26N2O4.ClH/c1-19-18-28-25(29-19)24(31)16-21-8-9-22(27(4,5)30-14-6-7-15-30)17-23(21)20-10-12-26(2,3)13-11-20;1-19-7-10-25(29-19)24(27)18-22-9-8-20(11-12-26-13-15-28-16-14-26)17-23(22)21-5-3-2-4-6-21;1-16-14-25-23(26-16)22(28)13-19-6-5-17(11-20(27)15-29-4)12-21(19)18-7-9-24(2,3)10-8-18;1-17-15-24-23(25-17)22(27)14-20-8-7-18(16-26-9-11-28-12-10-26)13-21(20)19-5-3-2-4-6-19;1-13-12-23-20(24-13)18(25)11-15-4-5-16(19(26)21(27)28)10-17(15)14-6-8-22(2,3)9-7-14;/h8-10,17-18H,6-7,11-16H2,1-5H3,(H,28,29);5,7-10,17H,2-4,6,11-16,18H2,1H3;5-7,12,14,20,27H,8-11,13,15H2,1-4H3,(H,25,26);5,7-8,13,15H,2-4,6,9-12,14,16H2,1H3,(H,24,25);4-6,10,12,19,26H,7-9,11H2,1-3H3,(H,23,24)(H,27,28);1H/t;;20-;;;/m..1.../s1. The molecule has 25 heteroatoms. The number of likely N-dealkylation sites (tertiary alicyclic amines) is 1. The van der Waals surface area contributed by atoms with Gasteiger partial charge in [0.05, 0.1) is 39.1 Å². The van der Waals surface area contributed by atoms with Crippen LogP contribution in [-0.4, -0.2) is 197 Å². The van der Waals surface area contributed by atoms with E-state index in [2.05, 4.69) is 201 Å². The number of benzene rings is 5. The first kappa shape index (κ1) is 112. The van der Waals surface area contributed by atoms with E-state index in [1.54, 1.807) is 56.2 Å². The molecule has 780 valence electrons. The number of rotatable bonds is 33. The Hall–Kier alpha value is -11.3. The van der Waals surface area contributed by atoms with Gasteiger partial charge in [-0.05, 0) is 348 Å². The van der Waals surface area contributed by atoms with Crippen LogP contribution in [0.2, 0.25) is 0 Å². The van der Waals surface area contributed by atoms with Crippen molar-refractivity contribution in [1.82, 2.24) is 54.6 Å². The van der Waals surface area contributed by atoms with E-state index in [0.29, 0.717) is 84.2 Å². The van der Waals surface area contributed by atoms with Gasteiger partial charge in [-0.2, -0.15) is 0 Å². The molecule has 7 N–H and O–H groups in total. The number of furan rings is 1. The second-order valence-electron chi connectivity index (χ2n) is 44.0. The second-order valence-corrected chi connectivity index (χ2v) is 44.0. The highest BCUT2D eigenvalue weighted by Crippen LogP contribution is 2.45. The molecule has 24 nitrogen and oxygen atoms in total. The number of aromatic amines is 4. The average molecular weight is 2010 g/mol. The number of carboxylic acid groups (broad SMARTS) is 1. The molecule has 5 aromatic carbocycles. The van der Waals surface area contributed by atoms with Crippen LogP contribution in [-0.2, 0) is 76.0 Å². The maximum Gasteiger partial charge on any atom is 0.337 e. The lowest BCUT2D eigenvalue weighted by Gasteiger charge is -2.37. The number of nitrogens with zero attached hydrogens (tertiary/aromatic N) is 7. The van der Waals surface area contributed by atoms with Gasteiger partial charge in [0.25, 0.3) is 0 Å². The van der Waals surface area contributed by atoms with E-state index in [-0.39, 0.29) is 58.7 Å². The van der Waals surface area contributed by atoms with Crippen molar-refractivity contribution >= 4 is 75.2 Å². The predicted molar refractivity (Wildman–Crippen MR) is 581 cm³/mol. The summed E-state index contributed by atoms with van der Waals surface area (Å²) in [6, 6.07) is 35.0. The van der Waals surface area contributed by atoms with Gasteiger partial charge in [0, 0.05) is 138 Å². The van der Waals surface area contributed by atoms with Gasteiger partial charge in [0.15, 0.2) is 35.2 Å². The number of carboxylic acids is 1. The maximum atomic E-state index is 12.9. The number of Topliss-reactive ketones (excluding diaryl/α,β-unsaturated/α-hetero) is 5. The number of methoxy groups -OCH3 is 1. The van der Waals surface area contributed by atoms with Crippen molar-refractivity contribution in [2.75, 3.05) is 86.0 Å². The number of morpholine rings is 2. The molecule has 2 atom stereocenters. The molecule has 0 saturated carbocycles. The first-order chi connectivity index (χ1) is 69.5. The number of aliphatic hydroxyl groups is 2. The topological polar surface area (TPSA) is 328 Å². The molecule has 0 spiro atoms. The van der Waals surface area contributed by atoms with Crippen molar-refractivity contribution < 1.29 is 62.7 Å². The largest absolute Gasteiger partial charge is 0.479 e. The lowest BCUT2D eigenvalue weighted by Crippen LogP contribution is -2.39. The number of aryl methyl sites for hydroxylation is 5. The molecule has 146 heavy (non-hydrogen) atoms. The maximum absolute atomic E-state index is 12.9. The van der Waals surface area contributed by atoms with E-state index in [1.165, 1.54) is 101 Å². The summed E-state index contributed by atoms with van der Waals surface area (Å²) < 4.78 is 21.5. The summed E-state index contributed by atoms with van der Waals surface area (Å²) in [5, 5.41) is 29.2. The molecule has 0 bridgehead atoms. The number of carbonyl (C=O) groups excluding carboxylic acids is 5. The molecule has 1 unspecified atom stereocenters. The number of halogens is 1. The Morgan fingerprint density at radius 1 is 0.438 bits per heavy atom. The summed E-state index contributed by atoms with van der Waals surface area (Å²) in [4.78, 5) is 111. The molecule has 18 rings (SSSR count). The van der Waals surface area contributed by atoms with Crippen molar-refractivity contribution in [3.8, 4) is 0 Å². The van der Waals surface area contributed by atoms with Crippen LogP contribution in [0.1, 0.15) is 349 Å².